The Morgan fingerprint density at radius 3 is 1.88 bits per heavy atom. The Balaban J connectivity index is 0.985. The van der Waals surface area contributed by atoms with Gasteiger partial charge in [-0.1, -0.05) is 24.3 Å². The number of methoxy groups -OCH3 is 3. The van der Waals surface area contributed by atoms with Gasteiger partial charge in [0.2, 0.25) is 0 Å². The Hall–Kier alpha value is -5.88. The van der Waals surface area contributed by atoms with E-state index in [2.05, 4.69) is 10.3 Å². The summed E-state index contributed by atoms with van der Waals surface area (Å²) in [6, 6.07) is 14.3. The van der Waals surface area contributed by atoms with Gasteiger partial charge in [0, 0.05) is 56.3 Å². The molecule has 0 spiro atoms. The molecule has 2 atom stereocenters. The quantitative estimate of drug-likeness (QED) is 0.211. The number of likely N-dealkylation sites (N-methyl/N-ethyl adjacent to an activating group) is 1. The maximum absolute atomic E-state index is 13.7. The van der Waals surface area contributed by atoms with E-state index in [0.717, 1.165) is 29.0 Å². The minimum atomic E-state index is -0.198. The molecule has 2 unspecified atom stereocenters. The third kappa shape index (κ3) is 6.89. The number of allylic oxidation sites excluding steroid dienone is 1. The van der Waals surface area contributed by atoms with Crippen molar-refractivity contribution in [2.45, 2.75) is 31.3 Å². The zero-order chi connectivity index (χ0) is 36.2. The number of ether oxygens (including phenoxy) is 5. The predicted octanol–water partition coefficient (Wildman–Crippen LogP) is 6.12. The fraction of sp³-hybridized carbons (Fsp3) is 0.300. The third-order valence-corrected chi connectivity index (χ3v) is 9.37. The molecule has 2 amide bonds. The van der Waals surface area contributed by atoms with Crippen molar-refractivity contribution in [1.29, 1.82) is 0 Å². The molecule has 52 heavy (non-hydrogen) atoms. The van der Waals surface area contributed by atoms with Gasteiger partial charge >= 0.3 is 0 Å². The summed E-state index contributed by atoms with van der Waals surface area (Å²) in [5.74, 6) is 2.34. The summed E-state index contributed by atoms with van der Waals surface area (Å²) in [6.07, 6.45) is 13.4. The molecule has 268 valence electrons. The van der Waals surface area contributed by atoms with Crippen LogP contribution < -0.4 is 29.0 Å². The van der Waals surface area contributed by atoms with Gasteiger partial charge in [0.05, 0.1) is 69.1 Å². The van der Waals surface area contributed by atoms with E-state index in [1.54, 1.807) is 55.4 Å². The molecule has 4 aliphatic rings. The highest BCUT2D eigenvalue weighted by molar-refractivity contribution is 6.06. The van der Waals surface area contributed by atoms with Crippen molar-refractivity contribution in [3.8, 4) is 28.7 Å². The number of carbonyl (C=O) groups is 2. The topological polar surface area (TPSA) is 124 Å². The van der Waals surface area contributed by atoms with Gasteiger partial charge in [-0.25, -0.2) is 0 Å². The molecule has 3 aromatic rings. The maximum atomic E-state index is 13.7. The SMILES string of the molecule is CNCC=CC1=CN2C(=O)c3cc(OC)c(OCCCOc4cc5c(cc4OC)C(=O)N4C=C(c6ccc(OC)cc6)CC4C=N5)cc3N=CC2C1. The van der Waals surface area contributed by atoms with Crippen LogP contribution in [0.4, 0.5) is 11.4 Å². The van der Waals surface area contributed by atoms with E-state index in [0.29, 0.717) is 78.0 Å². The molecule has 0 radical (unpaired) electrons. The van der Waals surface area contributed by atoms with Crippen molar-refractivity contribution in [2.24, 2.45) is 9.98 Å². The molecule has 4 aliphatic heterocycles. The molecule has 12 heteroatoms. The number of rotatable bonds is 13. The number of aliphatic imine (C=N–C) groups is 2. The van der Waals surface area contributed by atoms with E-state index >= 15 is 0 Å². The van der Waals surface area contributed by atoms with Crippen LogP contribution in [0.15, 0.2) is 88.6 Å². The minimum Gasteiger partial charge on any atom is -0.497 e. The van der Waals surface area contributed by atoms with Crippen LogP contribution in [0.2, 0.25) is 0 Å². The number of fused-ring (bicyclic) bond motifs is 4. The first-order valence-electron chi connectivity index (χ1n) is 17.2. The van der Waals surface area contributed by atoms with E-state index in [1.807, 2.05) is 68.3 Å². The van der Waals surface area contributed by atoms with E-state index in [1.165, 1.54) is 0 Å². The Morgan fingerprint density at radius 2 is 1.33 bits per heavy atom. The molecular formula is C40H41N5O7. The van der Waals surface area contributed by atoms with Gasteiger partial charge in [-0.2, -0.15) is 0 Å². The van der Waals surface area contributed by atoms with Gasteiger partial charge < -0.3 is 38.8 Å². The first kappa shape index (κ1) is 34.6. The first-order valence-corrected chi connectivity index (χ1v) is 17.2. The number of benzene rings is 3. The second kappa shape index (κ2) is 15.2. The standard InChI is InChI=1S/C40H41N5O7/c1-41-12-5-7-25-15-28-21-42-33-19-37(35(49-3)17-31(33)39(46)44(28)23-25)51-13-6-14-52-38-20-34-32(18-36(38)50-4)40(47)45-24-27(16-29(45)22-43-34)26-8-10-30(48-2)11-9-26/h5,7-11,17-24,28-29,41H,6,12-16H2,1-4H3. The summed E-state index contributed by atoms with van der Waals surface area (Å²) >= 11 is 0. The largest absolute Gasteiger partial charge is 0.497 e. The lowest BCUT2D eigenvalue weighted by Crippen LogP contribution is -2.32. The predicted molar refractivity (Wildman–Crippen MR) is 199 cm³/mol. The van der Waals surface area contributed by atoms with Crippen LogP contribution in [0.5, 0.6) is 28.7 Å². The van der Waals surface area contributed by atoms with Crippen molar-refractivity contribution < 1.29 is 33.3 Å². The average Bonchev–Trinajstić information content (AvgIpc) is 3.74. The van der Waals surface area contributed by atoms with Crippen LogP contribution in [0.3, 0.4) is 0 Å². The Kier molecular flexibility index (Phi) is 10.1. The first-order chi connectivity index (χ1) is 25.4. The van der Waals surface area contributed by atoms with Crippen LogP contribution in [0.1, 0.15) is 45.5 Å². The fourth-order valence-corrected chi connectivity index (χ4v) is 6.64. The number of carbonyl (C=O) groups excluding carboxylic acids is 2. The summed E-state index contributed by atoms with van der Waals surface area (Å²) in [5.41, 5.74) is 5.10. The highest BCUT2D eigenvalue weighted by atomic mass is 16.5. The fourth-order valence-electron chi connectivity index (χ4n) is 6.64. The number of nitrogens with one attached hydrogen (secondary N) is 1. The molecule has 0 aliphatic carbocycles. The van der Waals surface area contributed by atoms with Crippen molar-refractivity contribution >= 4 is 41.2 Å². The van der Waals surface area contributed by atoms with Crippen molar-refractivity contribution in [2.75, 3.05) is 48.1 Å². The Bertz CT molecular complexity index is 2020. The van der Waals surface area contributed by atoms with Crippen LogP contribution >= 0.6 is 0 Å². The molecule has 4 heterocycles. The second-order valence-electron chi connectivity index (χ2n) is 12.7. The van der Waals surface area contributed by atoms with Crippen LogP contribution in [-0.2, 0) is 0 Å². The smallest absolute Gasteiger partial charge is 0.260 e. The molecule has 0 saturated heterocycles. The minimum absolute atomic E-state index is 0.135. The van der Waals surface area contributed by atoms with E-state index in [9.17, 15) is 9.59 Å². The molecule has 1 N–H and O–H groups in total. The molecule has 0 fully saturated rings. The van der Waals surface area contributed by atoms with Gasteiger partial charge in [-0.3, -0.25) is 19.6 Å². The molecule has 12 nitrogen and oxygen atoms in total. The maximum Gasteiger partial charge on any atom is 0.260 e. The Morgan fingerprint density at radius 1 is 0.750 bits per heavy atom. The van der Waals surface area contributed by atoms with Crippen LogP contribution in [-0.4, -0.2) is 94.3 Å². The highest BCUT2D eigenvalue weighted by Crippen LogP contribution is 2.41. The second-order valence-corrected chi connectivity index (χ2v) is 12.7. The van der Waals surface area contributed by atoms with Crippen molar-refractivity contribution in [3.05, 3.63) is 95.3 Å². The molecule has 0 bridgehead atoms. The molecular weight excluding hydrogens is 662 g/mol. The number of nitrogens with zero attached hydrogens (tertiary/aromatic N) is 4. The number of hydrogen-bond donors (Lipinski definition) is 1. The van der Waals surface area contributed by atoms with Gasteiger partial charge in [-0.05, 0) is 54.4 Å². The highest BCUT2D eigenvalue weighted by Gasteiger charge is 2.34. The summed E-state index contributed by atoms with van der Waals surface area (Å²) in [7, 11) is 6.62. The number of amides is 2. The monoisotopic (exact) mass is 703 g/mol. The molecule has 0 aromatic heterocycles. The third-order valence-electron chi connectivity index (χ3n) is 9.37. The van der Waals surface area contributed by atoms with E-state index in [4.69, 9.17) is 28.7 Å². The lowest BCUT2D eigenvalue weighted by atomic mass is 10.0. The van der Waals surface area contributed by atoms with Crippen molar-refractivity contribution in [1.82, 2.24) is 15.1 Å². The summed E-state index contributed by atoms with van der Waals surface area (Å²) in [4.78, 5) is 40.1. The normalized spacial score (nSPS) is 18.6. The zero-order valence-corrected chi connectivity index (χ0v) is 29.6. The Labute approximate surface area is 302 Å². The van der Waals surface area contributed by atoms with E-state index < -0.39 is 0 Å². The summed E-state index contributed by atoms with van der Waals surface area (Å²) in [5, 5.41) is 3.09. The lowest BCUT2D eigenvalue weighted by Gasteiger charge is -2.19. The summed E-state index contributed by atoms with van der Waals surface area (Å²) in [6.45, 7) is 1.38. The lowest BCUT2D eigenvalue weighted by molar-refractivity contribution is 0.0809. The van der Waals surface area contributed by atoms with Gasteiger partial charge in [0.1, 0.15) is 5.75 Å². The molecule has 7 rings (SSSR count). The van der Waals surface area contributed by atoms with Crippen molar-refractivity contribution in [3.63, 3.8) is 0 Å². The van der Waals surface area contributed by atoms with Gasteiger partial charge in [0.25, 0.3) is 11.8 Å². The summed E-state index contributed by atoms with van der Waals surface area (Å²) < 4.78 is 28.7. The zero-order valence-electron chi connectivity index (χ0n) is 29.6. The van der Waals surface area contributed by atoms with Gasteiger partial charge in [-0.15, -0.1) is 0 Å². The van der Waals surface area contributed by atoms with Crippen LogP contribution in [0.25, 0.3) is 5.57 Å². The molecule has 0 saturated carbocycles. The van der Waals surface area contributed by atoms with E-state index in [-0.39, 0.29) is 23.9 Å². The molecule has 3 aromatic carbocycles. The van der Waals surface area contributed by atoms with Gasteiger partial charge in [0.15, 0.2) is 23.0 Å². The average molecular weight is 704 g/mol. The van der Waals surface area contributed by atoms with Crippen LogP contribution in [0, 0.1) is 0 Å². The number of hydrogen-bond acceptors (Lipinski definition) is 10.